The van der Waals surface area contributed by atoms with Crippen LogP contribution in [-0.4, -0.2) is 66.1 Å². The number of fused-ring (bicyclic) bond motifs is 5. The number of ether oxygens (including phenoxy) is 2. The summed E-state index contributed by atoms with van der Waals surface area (Å²) in [5, 5.41) is -5.87. The molecule has 0 aromatic heterocycles. The van der Waals surface area contributed by atoms with E-state index in [1.807, 2.05) is 13.8 Å². The first-order valence-corrected chi connectivity index (χ1v) is 19.2. The quantitative estimate of drug-likeness (QED) is 0.144. The van der Waals surface area contributed by atoms with E-state index in [1.165, 1.54) is 0 Å². The van der Waals surface area contributed by atoms with Crippen molar-refractivity contribution in [3.8, 4) is 0 Å². The van der Waals surface area contributed by atoms with Crippen LogP contribution in [0, 0.1) is 52.3 Å². The van der Waals surface area contributed by atoms with Gasteiger partial charge >= 0.3 is 23.1 Å². The Hall–Kier alpha value is -2.42. The maximum atomic E-state index is 14.0. The molecule has 50 heavy (non-hydrogen) atoms. The van der Waals surface area contributed by atoms with Crippen molar-refractivity contribution >= 4 is 39.4 Å². The lowest BCUT2D eigenvalue weighted by Gasteiger charge is -2.58. The molecule has 5 aliphatic carbocycles. The summed E-state index contributed by atoms with van der Waals surface area (Å²) >= 11 is 0. The van der Waals surface area contributed by atoms with Crippen LogP contribution in [-0.2, 0) is 43.6 Å². The molecule has 0 spiro atoms. The van der Waals surface area contributed by atoms with Gasteiger partial charge in [0.05, 0.1) is 18.9 Å². The Morgan fingerprint density at radius 2 is 1.70 bits per heavy atom. The van der Waals surface area contributed by atoms with Crippen LogP contribution in [0.5, 0.6) is 0 Å². The van der Waals surface area contributed by atoms with Crippen LogP contribution in [0.4, 0.5) is 17.6 Å². The molecule has 5 fully saturated rings. The average molecular weight is 736 g/mol. The third-order valence-corrected chi connectivity index (χ3v) is 14.3. The fraction of sp³-hybridized carbons (Fsp3) is 0.857. The van der Waals surface area contributed by atoms with E-state index in [0.29, 0.717) is 51.4 Å². The lowest BCUT2D eigenvalue weighted by atomic mass is 9.44. The van der Waals surface area contributed by atoms with Gasteiger partial charge in [0.2, 0.25) is 0 Å². The second-order valence-corrected chi connectivity index (χ2v) is 17.5. The summed E-state index contributed by atoms with van der Waals surface area (Å²) in [4.78, 5) is 65.3. The highest BCUT2D eigenvalue weighted by atomic mass is 32.2. The zero-order valence-corrected chi connectivity index (χ0v) is 29.5. The molecule has 0 bridgehead atoms. The molecule has 2 unspecified atom stereocenters. The largest absolute Gasteiger partial charge is 0.743 e. The molecule has 10 nitrogen and oxygen atoms in total. The van der Waals surface area contributed by atoms with Crippen LogP contribution >= 0.6 is 0 Å². The number of carbonyl (C=O) groups excluding carboxylic acids is 5. The fourth-order valence-corrected chi connectivity index (χ4v) is 10.8. The molecule has 5 rings (SSSR count). The maximum absolute atomic E-state index is 14.0. The van der Waals surface area contributed by atoms with Crippen LogP contribution in [0.1, 0.15) is 111 Å². The van der Waals surface area contributed by atoms with Crippen LogP contribution in [0.25, 0.3) is 0 Å². The number of ketones is 3. The molecule has 282 valence electrons. The molecule has 0 amide bonds. The summed E-state index contributed by atoms with van der Waals surface area (Å²) in [7, 11) is -6.65. The topological polar surface area (TPSA) is 161 Å². The van der Waals surface area contributed by atoms with Gasteiger partial charge in [-0.15, -0.1) is 0 Å². The van der Waals surface area contributed by atoms with Crippen molar-refractivity contribution in [2.45, 2.75) is 128 Å². The average Bonchev–Trinajstić information content (AvgIpc) is 3.39. The molecule has 10 atom stereocenters. The van der Waals surface area contributed by atoms with Crippen LogP contribution in [0.2, 0.25) is 0 Å². The third-order valence-electron chi connectivity index (χ3n) is 13.4. The van der Waals surface area contributed by atoms with Gasteiger partial charge in [-0.2, -0.15) is 17.6 Å². The van der Waals surface area contributed by atoms with E-state index >= 15 is 0 Å². The molecule has 0 N–H and O–H groups in total. The van der Waals surface area contributed by atoms with E-state index in [1.54, 1.807) is 0 Å². The molecular formula is C35H47F4O10S-. The van der Waals surface area contributed by atoms with Crippen LogP contribution in [0.3, 0.4) is 0 Å². The van der Waals surface area contributed by atoms with Crippen molar-refractivity contribution in [1.29, 1.82) is 0 Å². The Morgan fingerprint density at radius 1 is 1.00 bits per heavy atom. The highest BCUT2D eigenvalue weighted by Crippen LogP contribution is 2.66. The third kappa shape index (κ3) is 6.90. The van der Waals surface area contributed by atoms with Gasteiger partial charge < -0.3 is 14.0 Å². The van der Waals surface area contributed by atoms with Crippen LogP contribution in [0.15, 0.2) is 0 Å². The summed E-state index contributed by atoms with van der Waals surface area (Å²) in [6, 6.07) is 0. The first-order chi connectivity index (χ1) is 23.1. The van der Waals surface area contributed by atoms with Crippen molar-refractivity contribution in [3.63, 3.8) is 0 Å². The van der Waals surface area contributed by atoms with Crippen molar-refractivity contribution in [2.75, 3.05) is 6.61 Å². The highest BCUT2D eigenvalue weighted by Gasteiger charge is 2.66. The Labute approximate surface area is 289 Å². The Morgan fingerprint density at radius 3 is 2.38 bits per heavy atom. The van der Waals surface area contributed by atoms with Crippen molar-refractivity contribution in [2.24, 2.45) is 52.3 Å². The van der Waals surface area contributed by atoms with Crippen LogP contribution < -0.4 is 0 Å². The van der Waals surface area contributed by atoms with Gasteiger partial charge in [0.15, 0.2) is 10.1 Å². The number of Topliss-reactive ketones (excluding diaryl/α,β-unsaturated/α-hetero) is 3. The summed E-state index contributed by atoms with van der Waals surface area (Å²) < 4.78 is 96.0. The molecule has 0 aromatic rings. The number of halogens is 4. The molecule has 5 aliphatic rings. The predicted octanol–water partition coefficient (Wildman–Crippen LogP) is 5.80. The smallest absolute Gasteiger partial charge is 0.396 e. The van der Waals surface area contributed by atoms with Gasteiger partial charge in [0.1, 0.15) is 23.5 Å². The summed E-state index contributed by atoms with van der Waals surface area (Å²) in [5.41, 5.74) is -0.893. The number of hydrogen-bond donors (Lipinski definition) is 0. The Bertz CT molecular complexity index is 1500. The van der Waals surface area contributed by atoms with Crippen molar-refractivity contribution in [3.05, 3.63) is 0 Å². The molecule has 0 aromatic carbocycles. The van der Waals surface area contributed by atoms with E-state index in [2.05, 4.69) is 6.92 Å². The van der Waals surface area contributed by atoms with Gasteiger partial charge in [-0.25, -0.2) is 8.42 Å². The van der Waals surface area contributed by atoms with Gasteiger partial charge in [0, 0.05) is 43.4 Å². The highest BCUT2D eigenvalue weighted by molar-refractivity contribution is 7.86. The van der Waals surface area contributed by atoms with Gasteiger partial charge in [-0.1, -0.05) is 20.8 Å². The van der Waals surface area contributed by atoms with Gasteiger partial charge in [-0.3, -0.25) is 24.0 Å². The van der Waals surface area contributed by atoms with E-state index in [4.69, 9.17) is 9.47 Å². The summed E-state index contributed by atoms with van der Waals surface area (Å²) in [6.07, 6.45) is 3.02. The minimum absolute atomic E-state index is 0.00531. The molecule has 0 aliphatic heterocycles. The first-order valence-electron chi connectivity index (χ1n) is 17.8. The summed E-state index contributed by atoms with van der Waals surface area (Å²) in [5.74, 6) is -7.42. The van der Waals surface area contributed by atoms with E-state index in [-0.39, 0.29) is 77.5 Å². The van der Waals surface area contributed by atoms with Gasteiger partial charge in [0.25, 0.3) is 0 Å². The van der Waals surface area contributed by atoms with Crippen molar-refractivity contribution < 1.29 is 64.0 Å². The fourth-order valence-electron chi connectivity index (χ4n) is 10.4. The van der Waals surface area contributed by atoms with E-state index in [0.717, 1.165) is 12.8 Å². The number of hydrogen-bond acceptors (Lipinski definition) is 10. The number of esters is 2. The number of rotatable bonds is 11. The first kappa shape index (κ1) is 38.8. The molecular weight excluding hydrogens is 688 g/mol. The second-order valence-electron chi connectivity index (χ2n) is 16.0. The Kier molecular flexibility index (Phi) is 10.8. The predicted molar refractivity (Wildman–Crippen MR) is 166 cm³/mol. The maximum Gasteiger partial charge on any atom is 0.396 e. The second kappa shape index (κ2) is 13.9. The zero-order chi connectivity index (χ0) is 37.0. The lowest BCUT2D eigenvalue weighted by Crippen LogP contribution is -2.60. The summed E-state index contributed by atoms with van der Waals surface area (Å²) in [6.45, 7) is 4.93. The monoisotopic (exact) mass is 735 g/mol. The SMILES string of the molecule is C[C@H](CCC(=O)OC1CCCC(C(=O)OCCC(F)(F)C(F)(F)S(=O)(=O)[O-])C1)[C@H]1CC[C@H]2[C@@H]3C(=O)C[C@@H]4CC(=O)CC[C@]4(C)[C@H]3CC(=O)[C@]12C. The molecule has 5 saturated carbocycles. The van der Waals surface area contributed by atoms with Gasteiger partial charge in [-0.05, 0) is 86.4 Å². The molecule has 0 radical (unpaired) electrons. The molecule has 15 heteroatoms. The molecule has 0 saturated heterocycles. The number of carbonyl (C=O) groups is 5. The minimum Gasteiger partial charge on any atom is -0.743 e. The lowest BCUT2D eigenvalue weighted by molar-refractivity contribution is -0.177. The number of alkyl halides is 4. The standard InChI is InChI=1S/C35H48F4O10S/c1-19(24-8-9-25-30-26(18-28(42)33(24,25)3)32(2)12-11-22(40)16-21(32)17-27(30)41)7-10-29(43)49-23-6-4-5-20(15-23)31(44)48-14-13-34(36,37)35(38,39)50(45,46)47/h19-21,23-26,30H,4-18H2,1-3H3,(H,45,46,47)/p-1/t19-,20?,21+,23?,24-,25+,26+,30+,32+,33-/m1/s1. The zero-order valence-electron chi connectivity index (χ0n) is 28.7. The van der Waals surface area contributed by atoms with E-state index < -0.39 is 63.7 Å². The van der Waals surface area contributed by atoms with E-state index in [9.17, 15) is 54.5 Å². The molecule has 0 heterocycles. The normalized spacial score (nSPS) is 37.0. The Balaban J connectivity index is 1.11. The van der Waals surface area contributed by atoms with Crippen molar-refractivity contribution in [1.82, 2.24) is 0 Å². The minimum atomic E-state index is -6.65.